The zero-order chi connectivity index (χ0) is 18.7. The summed E-state index contributed by atoms with van der Waals surface area (Å²) in [6.07, 6.45) is -6.29. The van der Waals surface area contributed by atoms with Crippen LogP contribution in [0.1, 0.15) is 18.4 Å². The minimum absolute atomic E-state index is 0.0171. The topological polar surface area (TPSA) is 70.0 Å². The van der Waals surface area contributed by atoms with Gasteiger partial charge in [0.05, 0.1) is 19.6 Å². The summed E-state index contributed by atoms with van der Waals surface area (Å²) in [6.45, 7) is -0.162. The first-order valence-corrected chi connectivity index (χ1v) is 8.00. The van der Waals surface area contributed by atoms with Gasteiger partial charge in [0, 0.05) is 19.6 Å². The van der Waals surface area contributed by atoms with Gasteiger partial charge in [-0.3, -0.25) is 4.79 Å². The molecule has 2 N–H and O–H groups in total. The van der Waals surface area contributed by atoms with Gasteiger partial charge in [0.1, 0.15) is 11.2 Å². The van der Waals surface area contributed by atoms with Crippen molar-refractivity contribution in [2.75, 3.05) is 26.7 Å². The molecule has 1 aliphatic rings. The van der Waals surface area contributed by atoms with Gasteiger partial charge in [0.2, 0.25) is 0 Å². The molecule has 1 aliphatic heterocycles. The van der Waals surface area contributed by atoms with Crippen LogP contribution in [0.2, 0.25) is 0 Å². The molecule has 1 heterocycles. The summed E-state index contributed by atoms with van der Waals surface area (Å²) in [5.74, 6) is -0.656. The summed E-state index contributed by atoms with van der Waals surface area (Å²) < 4.78 is 42.5. The van der Waals surface area contributed by atoms with Gasteiger partial charge in [-0.2, -0.15) is 13.2 Å². The van der Waals surface area contributed by atoms with E-state index in [0.29, 0.717) is 11.3 Å². The van der Waals surface area contributed by atoms with E-state index in [9.17, 15) is 28.2 Å². The summed E-state index contributed by atoms with van der Waals surface area (Å²) in [5.41, 5.74) is -0.894. The first-order chi connectivity index (χ1) is 11.7. The predicted molar refractivity (Wildman–Crippen MR) is 84.5 cm³/mol. The van der Waals surface area contributed by atoms with Crippen LogP contribution >= 0.6 is 0 Å². The molecule has 0 saturated carbocycles. The molecule has 2 rings (SSSR count). The molecule has 5 nitrogen and oxygen atoms in total. The molecule has 0 radical (unpaired) electrons. The Morgan fingerprint density at radius 3 is 2.76 bits per heavy atom. The Labute approximate surface area is 144 Å². The molecule has 1 aromatic rings. The van der Waals surface area contributed by atoms with Gasteiger partial charge in [0.25, 0.3) is 0 Å². The van der Waals surface area contributed by atoms with E-state index in [1.807, 2.05) is 0 Å². The second-order valence-electron chi connectivity index (χ2n) is 6.44. The molecule has 1 saturated heterocycles. The highest BCUT2D eigenvalue weighted by Gasteiger charge is 2.49. The summed E-state index contributed by atoms with van der Waals surface area (Å²) in [4.78, 5) is 13.4. The third kappa shape index (κ3) is 4.85. The van der Waals surface area contributed by atoms with Crippen molar-refractivity contribution in [2.24, 2.45) is 5.41 Å². The smallest absolute Gasteiger partial charge is 0.390 e. The van der Waals surface area contributed by atoms with Crippen LogP contribution in [-0.4, -0.2) is 60.1 Å². The number of halogens is 3. The zero-order valence-corrected chi connectivity index (χ0v) is 13.9. The van der Waals surface area contributed by atoms with Crippen LogP contribution in [-0.2, 0) is 11.2 Å². The van der Waals surface area contributed by atoms with Crippen LogP contribution in [0.4, 0.5) is 13.2 Å². The van der Waals surface area contributed by atoms with Crippen molar-refractivity contribution in [1.29, 1.82) is 0 Å². The number of carbonyl (C=O) groups is 1. The van der Waals surface area contributed by atoms with Gasteiger partial charge >= 0.3 is 12.1 Å². The normalized spacial score (nSPS) is 24.9. The van der Waals surface area contributed by atoms with Crippen molar-refractivity contribution in [3.05, 3.63) is 29.8 Å². The minimum Gasteiger partial charge on any atom is -0.497 e. The van der Waals surface area contributed by atoms with Crippen molar-refractivity contribution in [3.63, 3.8) is 0 Å². The molecular weight excluding hydrogens is 339 g/mol. The molecule has 0 aromatic heterocycles. The largest absolute Gasteiger partial charge is 0.497 e. The molecule has 1 aromatic carbocycles. The van der Waals surface area contributed by atoms with Gasteiger partial charge in [0.15, 0.2) is 0 Å². The third-order valence-electron chi connectivity index (χ3n) is 4.65. The Bertz CT molecular complexity index is 608. The lowest BCUT2D eigenvalue weighted by Crippen LogP contribution is -2.57. The Morgan fingerprint density at radius 1 is 1.44 bits per heavy atom. The maximum Gasteiger partial charge on any atom is 0.390 e. The molecule has 0 bridgehead atoms. The number of rotatable bonds is 6. The fourth-order valence-corrected chi connectivity index (χ4v) is 3.25. The standard InChI is InChI=1S/C17H22F3NO4/c1-25-13-4-2-3-12(9-13)10-16(15(23)24)11-21(7-5-14(16)22)8-6-17(18,19)20/h2-4,9,14,22H,5-8,10-11H2,1H3,(H,23,24)/t14-,16-/m1/s1. The Balaban J connectivity index is 2.21. The molecule has 0 spiro atoms. The SMILES string of the molecule is COc1cccc(C[C@@]2(C(=O)O)CN(CCC(F)(F)F)CC[C@H]2O)c1. The van der Waals surface area contributed by atoms with Gasteiger partial charge in [-0.1, -0.05) is 12.1 Å². The van der Waals surface area contributed by atoms with Gasteiger partial charge in [-0.25, -0.2) is 0 Å². The quantitative estimate of drug-likeness (QED) is 0.814. The number of aliphatic hydroxyl groups excluding tert-OH is 1. The first-order valence-electron chi connectivity index (χ1n) is 8.00. The second-order valence-corrected chi connectivity index (χ2v) is 6.44. The number of likely N-dealkylation sites (tertiary alicyclic amines) is 1. The highest BCUT2D eigenvalue weighted by Crippen LogP contribution is 2.36. The average molecular weight is 361 g/mol. The van der Waals surface area contributed by atoms with E-state index in [0.717, 1.165) is 0 Å². The highest BCUT2D eigenvalue weighted by atomic mass is 19.4. The fourth-order valence-electron chi connectivity index (χ4n) is 3.25. The maximum absolute atomic E-state index is 12.5. The summed E-state index contributed by atoms with van der Waals surface area (Å²) >= 11 is 0. The predicted octanol–water partition coefficient (Wildman–Crippen LogP) is 2.33. The number of aliphatic hydroxyl groups is 1. The molecular formula is C17H22F3NO4. The van der Waals surface area contributed by atoms with E-state index >= 15 is 0 Å². The summed E-state index contributed by atoms with van der Waals surface area (Å²) in [6, 6.07) is 6.81. The number of alkyl halides is 3. The molecule has 1 fully saturated rings. The van der Waals surface area contributed by atoms with Crippen molar-refractivity contribution < 1.29 is 32.9 Å². The van der Waals surface area contributed by atoms with Gasteiger partial charge in [-0.15, -0.1) is 0 Å². The Hall–Kier alpha value is -1.80. The van der Waals surface area contributed by atoms with E-state index in [-0.39, 0.29) is 32.5 Å². The molecule has 2 atom stereocenters. The van der Waals surface area contributed by atoms with Crippen LogP contribution < -0.4 is 4.74 Å². The van der Waals surface area contributed by atoms with Crippen LogP contribution in [0.3, 0.4) is 0 Å². The number of hydrogen-bond donors (Lipinski definition) is 2. The van der Waals surface area contributed by atoms with E-state index in [1.165, 1.54) is 12.0 Å². The Morgan fingerprint density at radius 2 is 2.16 bits per heavy atom. The van der Waals surface area contributed by atoms with Crippen molar-refractivity contribution >= 4 is 5.97 Å². The number of hydrogen-bond acceptors (Lipinski definition) is 4. The lowest BCUT2D eigenvalue weighted by Gasteiger charge is -2.43. The number of nitrogens with zero attached hydrogens (tertiary/aromatic N) is 1. The van der Waals surface area contributed by atoms with E-state index in [2.05, 4.69) is 0 Å². The van der Waals surface area contributed by atoms with Crippen LogP contribution in [0.15, 0.2) is 24.3 Å². The lowest BCUT2D eigenvalue weighted by atomic mass is 9.72. The molecule has 0 unspecified atom stereocenters. The van der Waals surface area contributed by atoms with Crippen molar-refractivity contribution in [1.82, 2.24) is 4.90 Å². The average Bonchev–Trinajstić information content (AvgIpc) is 2.55. The molecule has 0 amide bonds. The number of methoxy groups -OCH3 is 1. The number of benzene rings is 1. The van der Waals surface area contributed by atoms with E-state index in [4.69, 9.17) is 4.74 Å². The lowest BCUT2D eigenvalue weighted by molar-refractivity contribution is -0.165. The third-order valence-corrected chi connectivity index (χ3v) is 4.65. The maximum atomic E-state index is 12.5. The van der Waals surface area contributed by atoms with Crippen LogP contribution in [0, 0.1) is 5.41 Å². The number of piperidine rings is 1. The fraction of sp³-hybridized carbons (Fsp3) is 0.588. The minimum atomic E-state index is -4.30. The van der Waals surface area contributed by atoms with Crippen molar-refractivity contribution in [3.8, 4) is 5.75 Å². The van der Waals surface area contributed by atoms with Gasteiger partial charge < -0.3 is 19.8 Å². The summed E-state index contributed by atoms with van der Waals surface area (Å²) in [7, 11) is 1.49. The van der Waals surface area contributed by atoms with E-state index < -0.39 is 30.1 Å². The second kappa shape index (κ2) is 7.61. The van der Waals surface area contributed by atoms with Crippen LogP contribution in [0.25, 0.3) is 0 Å². The number of ether oxygens (including phenoxy) is 1. The van der Waals surface area contributed by atoms with E-state index in [1.54, 1.807) is 24.3 Å². The first kappa shape index (κ1) is 19.5. The molecule has 140 valence electrons. The Kier molecular flexibility index (Phi) is 5.95. The number of aliphatic carboxylic acids is 1. The van der Waals surface area contributed by atoms with Crippen molar-refractivity contribution in [2.45, 2.75) is 31.5 Å². The number of carboxylic acid groups (broad SMARTS) is 1. The highest BCUT2D eigenvalue weighted by molar-refractivity contribution is 5.76. The molecule has 0 aliphatic carbocycles. The zero-order valence-electron chi connectivity index (χ0n) is 13.9. The number of carboxylic acids is 1. The van der Waals surface area contributed by atoms with Gasteiger partial charge in [-0.05, 0) is 30.5 Å². The monoisotopic (exact) mass is 361 g/mol. The van der Waals surface area contributed by atoms with Crippen LogP contribution in [0.5, 0.6) is 5.75 Å². The molecule has 8 heteroatoms. The molecule has 25 heavy (non-hydrogen) atoms. The summed E-state index contributed by atoms with van der Waals surface area (Å²) in [5, 5.41) is 20.1.